The second kappa shape index (κ2) is 3.93. The lowest BCUT2D eigenvalue weighted by atomic mass is 9.85. The Kier molecular flexibility index (Phi) is 3.13. The van der Waals surface area contributed by atoms with Gasteiger partial charge in [-0.15, -0.1) is 6.58 Å². The SMILES string of the molecule is C=CCC(C)(C)C/C=C\C1CC1. The molecule has 0 heterocycles. The number of hydrogen-bond donors (Lipinski definition) is 0. The maximum absolute atomic E-state index is 3.78. The molecular formula is C12H20. The van der Waals surface area contributed by atoms with Crippen molar-refractivity contribution in [3.05, 3.63) is 24.8 Å². The first kappa shape index (κ1) is 9.57. The molecule has 0 aliphatic heterocycles. The van der Waals surface area contributed by atoms with Crippen molar-refractivity contribution >= 4 is 0 Å². The molecule has 0 radical (unpaired) electrons. The van der Waals surface area contributed by atoms with Gasteiger partial charge in [0.15, 0.2) is 0 Å². The van der Waals surface area contributed by atoms with Crippen LogP contribution in [0.2, 0.25) is 0 Å². The topological polar surface area (TPSA) is 0 Å². The van der Waals surface area contributed by atoms with Crippen LogP contribution >= 0.6 is 0 Å². The van der Waals surface area contributed by atoms with Gasteiger partial charge in [0, 0.05) is 0 Å². The molecule has 0 heteroatoms. The molecule has 0 unspecified atom stereocenters. The van der Waals surface area contributed by atoms with Crippen molar-refractivity contribution in [3.63, 3.8) is 0 Å². The summed E-state index contributed by atoms with van der Waals surface area (Å²) in [6.45, 7) is 8.37. The number of rotatable bonds is 5. The van der Waals surface area contributed by atoms with E-state index in [1.54, 1.807) is 0 Å². The van der Waals surface area contributed by atoms with Crippen LogP contribution in [0.25, 0.3) is 0 Å². The molecule has 1 saturated carbocycles. The third-order valence-corrected chi connectivity index (χ3v) is 2.40. The van der Waals surface area contributed by atoms with Crippen LogP contribution in [0.1, 0.15) is 39.5 Å². The minimum Gasteiger partial charge on any atom is -0.103 e. The van der Waals surface area contributed by atoms with Crippen LogP contribution in [0.3, 0.4) is 0 Å². The molecule has 1 fully saturated rings. The fourth-order valence-electron chi connectivity index (χ4n) is 1.34. The lowest BCUT2D eigenvalue weighted by molar-refractivity contribution is 0.377. The van der Waals surface area contributed by atoms with E-state index in [4.69, 9.17) is 0 Å². The first-order valence-electron chi connectivity index (χ1n) is 4.92. The number of allylic oxidation sites excluding steroid dienone is 3. The summed E-state index contributed by atoms with van der Waals surface area (Å²) < 4.78 is 0. The number of hydrogen-bond acceptors (Lipinski definition) is 0. The molecule has 0 saturated heterocycles. The highest BCUT2D eigenvalue weighted by Crippen LogP contribution is 2.32. The molecule has 0 amide bonds. The highest BCUT2D eigenvalue weighted by molar-refractivity contribution is 4.98. The van der Waals surface area contributed by atoms with Gasteiger partial charge < -0.3 is 0 Å². The average Bonchev–Trinajstić information content (AvgIpc) is 2.70. The maximum Gasteiger partial charge on any atom is -0.0233 e. The van der Waals surface area contributed by atoms with Crippen LogP contribution in [0.15, 0.2) is 24.8 Å². The quantitative estimate of drug-likeness (QED) is 0.540. The van der Waals surface area contributed by atoms with Crippen LogP contribution < -0.4 is 0 Å². The van der Waals surface area contributed by atoms with E-state index in [-0.39, 0.29) is 0 Å². The molecule has 1 aliphatic carbocycles. The summed E-state index contributed by atoms with van der Waals surface area (Å²) in [6.07, 6.45) is 11.9. The smallest absolute Gasteiger partial charge is 0.0233 e. The molecule has 0 aromatic carbocycles. The van der Waals surface area contributed by atoms with Gasteiger partial charge in [0.2, 0.25) is 0 Å². The van der Waals surface area contributed by atoms with E-state index in [9.17, 15) is 0 Å². The first-order valence-corrected chi connectivity index (χ1v) is 4.92. The molecule has 0 aromatic rings. The van der Waals surface area contributed by atoms with Crippen molar-refractivity contribution in [2.45, 2.75) is 39.5 Å². The van der Waals surface area contributed by atoms with Gasteiger partial charge in [-0.2, -0.15) is 0 Å². The summed E-state index contributed by atoms with van der Waals surface area (Å²) in [5, 5.41) is 0. The lowest BCUT2D eigenvalue weighted by Crippen LogP contribution is -2.07. The fraction of sp³-hybridized carbons (Fsp3) is 0.667. The van der Waals surface area contributed by atoms with Gasteiger partial charge in [0.25, 0.3) is 0 Å². The van der Waals surface area contributed by atoms with Crippen molar-refractivity contribution < 1.29 is 0 Å². The van der Waals surface area contributed by atoms with Crippen molar-refractivity contribution in [2.75, 3.05) is 0 Å². The van der Waals surface area contributed by atoms with E-state index >= 15 is 0 Å². The monoisotopic (exact) mass is 164 g/mol. The second-order valence-corrected chi connectivity index (χ2v) is 4.63. The van der Waals surface area contributed by atoms with Crippen LogP contribution in [-0.2, 0) is 0 Å². The minimum absolute atomic E-state index is 0.410. The van der Waals surface area contributed by atoms with E-state index in [0.717, 1.165) is 12.3 Å². The highest BCUT2D eigenvalue weighted by atomic mass is 14.2. The predicted octanol–water partition coefficient (Wildman–Crippen LogP) is 3.95. The zero-order chi connectivity index (χ0) is 9.03. The lowest BCUT2D eigenvalue weighted by Gasteiger charge is -2.20. The van der Waals surface area contributed by atoms with E-state index in [2.05, 4.69) is 32.6 Å². The Bertz CT molecular complexity index is 170. The van der Waals surface area contributed by atoms with Crippen molar-refractivity contribution in [1.29, 1.82) is 0 Å². The third kappa shape index (κ3) is 3.75. The van der Waals surface area contributed by atoms with Gasteiger partial charge in [0.05, 0.1) is 0 Å². The van der Waals surface area contributed by atoms with Crippen molar-refractivity contribution in [2.24, 2.45) is 11.3 Å². The molecule has 1 aliphatic rings. The molecular weight excluding hydrogens is 144 g/mol. The molecule has 0 bridgehead atoms. The summed E-state index contributed by atoms with van der Waals surface area (Å²) in [5.74, 6) is 0.921. The summed E-state index contributed by atoms with van der Waals surface area (Å²) >= 11 is 0. The molecule has 0 aromatic heterocycles. The first-order chi connectivity index (χ1) is 5.64. The Balaban J connectivity index is 2.22. The van der Waals surface area contributed by atoms with Gasteiger partial charge in [-0.1, -0.05) is 32.1 Å². The van der Waals surface area contributed by atoms with Gasteiger partial charge in [-0.3, -0.25) is 0 Å². The fourth-order valence-corrected chi connectivity index (χ4v) is 1.34. The average molecular weight is 164 g/mol. The molecule has 1 rings (SSSR count). The molecule has 12 heavy (non-hydrogen) atoms. The van der Waals surface area contributed by atoms with Gasteiger partial charge in [-0.25, -0.2) is 0 Å². The molecule has 0 nitrogen and oxygen atoms in total. The van der Waals surface area contributed by atoms with E-state index in [0.29, 0.717) is 5.41 Å². The van der Waals surface area contributed by atoms with Gasteiger partial charge in [-0.05, 0) is 37.0 Å². The molecule has 0 N–H and O–H groups in total. The predicted molar refractivity (Wildman–Crippen MR) is 55.1 cm³/mol. The van der Waals surface area contributed by atoms with Crippen LogP contribution in [0, 0.1) is 11.3 Å². The van der Waals surface area contributed by atoms with E-state index in [1.165, 1.54) is 19.3 Å². The van der Waals surface area contributed by atoms with E-state index in [1.807, 2.05) is 6.08 Å². The second-order valence-electron chi connectivity index (χ2n) is 4.63. The summed E-state index contributed by atoms with van der Waals surface area (Å²) in [5.41, 5.74) is 0.410. The Morgan fingerprint density at radius 1 is 1.33 bits per heavy atom. The van der Waals surface area contributed by atoms with Crippen molar-refractivity contribution in [1.82, 2.24) is 0 Å². The highest BCUT2D eigenvalue weighted by Gasteiger charge is 2.18. The normalized spacial score (nSPS) is 18.5. The van der Waals surface area contributed by atoms with Crippen LogP contribution in [-0.4, -0.2) is 0 Å². The van der Waals surface area contributed by atoms with Crippen molar-refractivity contribution in [3.8, 4) is 0 Å². The standard InChI is InChI=1S/C12H20/c1-4-9-12(2,3)10-5-6-11-7-8-11/h4-6,11H,1,7-10H2,2-3H3/b6-5-. The maximum atomic E-state index is 3.78. The van der Waals surface area contributed by atoms with Crippen LogP contribution in [0.5, 0.6) is 0 Å². The minimum atomic E-state index is 0.410. The molecule has 0 spiro atoms. The Labute approximate surface area is 76.4 Å². The molecule has 0 atom stereocenters. The summed E-state index contributed by atoms with van der Waals surface area (Å²) in [7, 11) is 0. The summed E-state index contributed by atoms with van der Waals surface area (Å²) in [4.78, 5) is 0. The van der Waals surface area contributed by atoms with Crippen LogP contribution in [0.4, 0.5) is 0 Å². The van der Waals surface area contributed by atoms with Gasteiger partial charge in [0.1, 0.15) is 0 Å². The largest absolute Gasteiger partial charge is 0.103 e. The Morgan fingerprint density at radius 2 is 2.00 bits per heavy atom. The Hall–Kier alpha value is -0.520. The Morgan fingerprint density at radius 3 is 2.50 bits per heavy atom. The third-order valence-electron chi connectivity index (χ3n) is 2.40. The van der Waals surface area contributed by atoms with Gasteiger partial charge >= 0.3 is 0 Å². The summed E-state index contributed by atoms with van der Waals surface area (Å²) in [6, 6.07) is 0. The zero-order valence-electron chi connectivity index (χ0n) is 8.34. The molecule has 68 valence electrons. The zero-order valence-corrected chi connectivity index (χ0v) is 8.34. The van der Waals surface area contributed by atoms with E-state index < -0.39 is 0 Å².